The van der Waals surface area contributed by atoms with Gasteiger partial charge in [-0.05, 0) is 51.6 Å². The summed E-state index contributed by atoms with van der Waals surface area (Å²) in [7, 11) is 0. The first kappa shape index (κ1) is 16.1. The molecule has 0 aliphatic heterocycles. The molecule has 0 fully saturated rings. The Morgan fingerprint density at radius 2 is 1.48 bits per heavy atom. The van der Waals surface area contributed by atoms with Crippen LogP contribution in [0.1, 0.15) is 22.3 Å². The lowest BCUT2D eigenvalue weighted by Crippen LogP contribution is -2.32. The maximum Gasteiger partial charge on any atom is 0.198 e. The number of phenols is 1. The first-order valence-corrected chi connectivity index (χ1v) is 9.36. The van der Waals surface area contributed by atoms with Crippen molar-refractivity contribution in [3.05, 3.63) is 111 Å². The summed E-state index contributed by atoms with van der Waals surface area (Å²) in [6.07, 6.45) is 9.56. The minimum atomic E-state index is -1.15. The highest BCUT2D eigenvalue weighted by Gasteiger charge is 2.53. The predicted molar refractivity (Wildman–Crippen MR) is 112 cm³/mol. The van der Waals surface area contributed by atoms with Gasteiger partial charge < -0.3 is 20.4 Å². The Morgan fingerprint density at radius 1 is 0.724 bits per heavy atom. The van der Waals surface area contributed by atoms with Crippen molar-refractivity contribution in [2.24, 2.45) is 5.41 Å². The first-order valence-electron chi connectivity index (χ1n) is 9.36. The third-order valence-corrected chi connectivity index (χ3v) is 6.25. The van der Waals surface area contributed by atoms with Crippen molar-refractivity contribution in [3.8, 4) is 5.75 Å². The van der Waals surface area contributed by atoms with Crippen LogP contribution in [0.2, 0.25) is 0 Å². The summed E-state index contributed by atoms with van der Waals surface area (Å²) in [6.45, 7) is 0. The van der Waals surface area contributed by atoms with Gasteiger partial charge in [0.15, 0.2) is 17.3 Å². The zero-order valence-corrected chi connectivity index (χ0v) is 15.2. The van der Waals surface area contributed by atoms with Gasteiger partial charge in [-0.3, -0.25) is 0 Å². The summed E-state index contributed by atoms with van der Waals surface area (Å²) in [4.78, 5) is 0. The lowest BCUT2D eigenvalue weighted by Gasteiger charge is -2.39. The minimum Gasteiger partial charge on any atom is -0.507 e. The molecule has 0 saturated heterocycles. The molecule has 4 aliphatic carbocycles. The van der Waals surface area contributed by atoms with E-state index in [2.05, 4.69) is 0 Å². The Balaban J connectivity index is 1.68. The van der Waals surface area contributed by atoms with Gasteiger partial charge >= 0.3 is 0 Å². The van der Waals surface area contributed by atoms with Gasteiger partial charge in [0.1, 0.15) is 11.2 Å². The molecule has 0 amide bonds. The summed E-state index contributed by atoms with van der Waals surface area (Å²) in [5, 5.41) is 43.0. The maximum absolute atomic E-state index is 11.2. The number of rotatable bonds is 0. The number of allylic oxidation sites excluding steroid dienone is 5. The van der Waals surface area contributed by atoms with Crippen molar-refractivity contribution in [2.75, 3.05) is 0 Å². The van der Waals surface area contributed by atoms with Crippen LogP contribution in [0.3, 0.4) is 0 Å². The van der Waals surface area contributed by atoms with E-state index in [9.17, 15) is 20.4 Å². The molecule has 1 spiro atoms. The number of hydrogen-bond acceptors (Lipinski definition) is 4. The van der Waals surface area contributed by atoms with Crippen LogP contribution < -0.4 is 0 Å². The number of aliphatic hydroxyl groups is 3. The lowest BCUT2D eigenvalue weighted by atomic mass is 9.63. The molecular formula is C25H16O4. The predicted octanol–water partition coefficient (Wildman–Crippen LogP) is 5.44. The molecule has 4 N–H and O–H groups in total. The summed E-state index contributed by atoms with van der Waals surface area (Å²) >= 11 is 0. The van der Waals surface area contributed by atoms with Gasteiger partial charge in [0.05, 0.1) is 0 Å². The molecule has 2 aromatic carbocycles. The van der Waals surface area contributed by atoms with E-state index in [1.54, 1.807) is 12.1 Å². The van der Waals surface area contributed by atoms with E-state index in [0.29, 0.717) is 16.7 Å². The number of phenolic OH excluding ortho intramolecular Hbond substituents is 1. The van der Waals surface area contributed by atoms with Crippen LogP contribution in [0.5, 0.6) is 5.75 Å². The van der Waals surface area contributed by atoms with Crippen molar-refractivity contribution in [1.29, 1.82) is 0 Å². The van der Waals surface area contributed by atoms with E-state index >= 15 is 0 Å². The zero-order chi connectivity index (χ0) is 19.9. The molecule has 0 radical (unpaired) electrons. The second kappa shape index (κ2) is 5.11. The normalized spacial score (nSPS) is 23.4. The van der Waals surface area contributed by atoms with E-state index in [0.717, 1.165) is 27.8 Å². The second-order valence-electron chi connectivity index (χ2n) is 7.61. The van der Waals surface area contributed by atoms with Crippen LogP contribution >= 0.6 is 0 Å². The highest BCUT2D eigenvalue weighted by Crippen LogP contribution is 2.63. The van der Waals surface area contributed by atoms with Gasteiger partial charge in [-0.1, -0.05) is 54.6 Å². The number of aromatic hydroxyl groups is 1. The molecule has 4 heteroatoms. The van der Waals surface area contributed by atoms with Crippen LogP contribution in [-0.4, -0.2) is 20.4 Å². The van der Waals surface area contributed by atoms with E-state index in [-0.39, 0.29) is 11.5 Å². The highest BCUT2D eigenvalue weighted by atomic mass is 16.3. The monoisotopic (exact) mass is 380 g/mol. The standard InChI is InChI=1S/C25H16O4/c26-19-9-3-6-14-12-18-21(20(14)19)22(27)23(28)24(29)25(18)10-4-8-16-15-7-2-1-5-13(15)11-17(16)25/h1-12,26-29H. The fraction of sp³-hybridized carbons (Fsp3) is 0.0400. The molecule has 1 atom stereocenters. The Morgan fingerprint density at radius 3 is 2.34 bits per heavy atom. The molecule has 0 aromatic heterocycles. The average molecular weight is 380 g/mol. The molecule has 0 bridgehead atoms. The molecule has 6 rings (SSSR count). The topological polar surface area (TPSA) is 80.9 Å². The Hall–Kier alpha value is -3.92. The SMILES string of the molecule is OC1=C2C(=Cc3cccc(O)c32)C2(C=CC=C3C2=Cc2ccccc23)C(O)=C1O. The van der Waals surface area contributed by atoms with Crippen LogP contribution in [0.4, 0.5) is 0 Å². The molecule has 4 nitrogen and oxygen atoms in total. The molecule has 140 valence electrons. The second-order valence-corrected chi connectivity index (χ2v) is 7.61. The van der Waals surface area contributed by atoms with Crippen LogP contribution in [0.15, 0.2) is 89.1 Å². The Bertz CT molecular complexity index is 1330. The molecule has 2 aromatic rings. The molecule has 29 heavy (non-hydrogen) atoms. The maximum atomic E-state index is 11.2. The van der Waals surface area contributed by atoms with Crippen LogP contribution in [0.25, 0.3) is 23.3 Å². The smallest absolute Gasteiger partial charge is 0.198 e. The zero-order valence-electron chi connectivity index (χ0n) is 15.2. The summed E-state index contributed by atoms with van der Waals surface area (Å²) in [6, 6.07) is 13.1. The van der Waals surface area contributed by atoms with Crippen molar-refractivity contribution >= 4 is 23.3 Å². The molecule has 1 unspecified atom stereocenters. The van der Waals surface area contributed by atoms with Crippen LogP contribution in [0, 0.1) is 5.41 Å². The van der Waals surface area contributed by atoms with Crippen molar-refractivity contribution < 1.29 is 20.4 Å². The molecular weight excluding hydrogens is 364 g/mol. The van der Waals surface area contributed by atoms with Gasteiger partial charge in [-0.15, -0.1) is 0 Å². The third kappa shape index (κ3) is 1.74. The fourth-order valence-corrected chi connectivity index (χ4v) is 4.99. The Kier molecular flexibility index (Phi) is 2.83. The number of benzene rings is 2. The van der Waals surface area contributed by atoms with E-state index < -0.39 is 16.9 Å². The average Bonchev–Trinajstić information content (AvgIpc) is 3.31. The van der Waals surface area contributed by atoms with Gasteiger partial charge in [0, 0.05) is 11.1 Å². The van der Waals surface area contributed by atoms with Crippen LogP contribution in [-0.2, 0) is 0 Å². The lowest BCUT2D eigenvalue weighted by molar-refractivity contribution is 0.245. The van der Waals surface area contributed by atoms with Gasteiger partial charge in [0.2, 0.25) is 0 Å². The largest absolute Gasteiger partial charge is 0.507 e. The number of fused-ring (bicyclic) bond motifs is 8. The van der Waals surface area contributed by atoms with Crippen molar-refractivity contribution in [1.82, 2.24) is 0 Å². The quantitative estimate of drug-likeness (QED) is 0.491. The van der Waals surface area contributed by atoms with Gasteiger partial charge in [0.25, 0.3) is 0 Å². The Labute approximate surface area is 166 Å². The number of aliphatic hydroxyl groups excluding tert-OH is 3. The summed E-state index contributed by atoms with van der Waals surface area (Å²) in [5.41, 5.74) is 4.88. The third-order valence-electron chi connectivity index (χ3n) is 6.25. The van der Waals surface area contributed by atoms with Gasteiger partial charge in [-0.2, -0.15) is 0 Å². The van der Waals surface area contributed by atoms with Gasteiger partial charge in [-0.25, -0.2) is 0 Å². The fourth-order valence-electron chi connectivity index (χ4n) is 4.99. The molecule has 0 heterocycles. The van der Waals surface area contributed by atoms with E-state index in [1.165, 1.54) is 0 Å². The minimum absolute atomic E-state index is 0.0129. The van der Waals surface area contributed by atoms with Crippen molar-refractivity contribution in [2.45, 2.75) is 0 Å². The first-order chi connectivity index (χ1) is 14.0. The highest BCUT2D eigenvalue weighted by molar-refractivity contribution is 6.07. The number of hydrogen-bond donors (Lipinski definition) is 4. The van der Waals surface area contributed by atoms with E-state index in [1.807, 2.05) is 60.7 Å². The summed E-state index contributed by atoms with van der Waals surface area (Å²) < 4.78 is 0. The van der Waals surface area contributed by atoms with E-state index in [4.69, 9.17) is 0 Å². The molecule has 0 saturated carbocycles. The molecule has 4 aliphatic rings. The summed E-state index contributed by atoms with van der Waals surface area (Å²) in [5.74, 6) is -1.31. The van der Waals surface area contributed by atoms with Crippen molar-refractivity contribution in [3.63, 3.8) is 0 Å².